The first-order valence-electron chi connectivity index (χ1n) is 11.5. The minimum absolute atomic E-state index is 0.512. The summed E-state index contributed by atoms with van der Waals surface area (Å²) in [5, 5.41) is 10.1. The van der Waals surface area contributed by atoms with E-state index in [4.69, 9.17) is 15.9 Å². The van der Waals surface area contributed by atoms with Gasteiger partial charge >= 0.3 is 0 Å². The fourth-order valence-corrected chi connectivity index (χ4v) is 2.84. The van der Waals surface area contributed by atoms with Crippen LogP contribution >= 0.6 is 0 Å². The number of nitrogens with two attached hydrogens (primary N) is 1. The van der Waals surface area contributed by atoms with E-state index in [2.05, 4.69) is 36.0 Å². The summed E-state index contributed by atoms with van der Waals surface area (Å²) in [4.78, 5) is 6.56. The van der Waals surface area contributed by atoms with Crippen LogP contribution in [0.4, 0.5) is 11.5 Å². The first kappa shape index (κ1) is 28.4. The van der Waals surface area contributed by atoms with Gasteiger partial charge < -0.3 is 26.1 Å². The molecule has 4 N–H and O–H groups in total. The second-order valence-corrected chi connectivity index (χ2v) is 6.84. The highest BCUT2D eigenvalue weighted by Gasteiger charge is 2.08. The number of pyridine rings is 1. The number of hydrogen-bond acceptors (Lipinski definition) is 6. The molecule has 6 heteroatoms. The summed E-state index contributed by atoms with van der Waals surface area (Å²) in [6.07, 6.45) is 3.57. The average molecular weight is 430 g/mol. The van der Waals surface area contributed by atoms with Gasteiger partial charge in [-0.1, -0.05) is 64.4 Å². The van der Waals surface area contributed by atoms with E-state index in [0.717, 1.165) is 50.3 Å². The minimum atomic E-state index is 0.512. The number of ether oxygens (including phenoxy) is 1. The normalized spacial score (nSPS) is 9.61. The lowest BCUT2D eigenvalue weighted by Crippen LogP contribution is -2.25. The molecule has 1 heterocycles. The Morgan fingerprint density at radius 2 is 1.77 bits per heavy atom. The number of rotatable bonds is 11. The van der Waals surface area contributed by atoms with Gasteiger partial charge in [0.1, 0.15) is 12.4 Å². The molecule has 0 amide bonds. The summed E-state index contributed by atoms with van der Waals surface area (Å²) in [6.45, 7) is 16.9. The van der Waals surface area contributed by atoms with Crippen LogP contribution < -0.4 is 20.7 Å². The van der Waals surface area contributed by atoms with Crippen LogP contribution in [-0.2, 0) is 0 Å². The zero-order valence-corrected chi connectivity index (χ0v) is 20.4. The lowest BCUT2D eigenvalue weighted by atomic mass is 10.2. The van der Waals surface area contributed by atoms with Gasteiger partial charge in [-0.15, -0.1) is 0 Å². The fraction of sp³-hybridized carbons (Fsp3) is 0.520. The number of benzene rings is 1. The van der Waals surface area contributed by atoms with Crippen molar-refractivity contribution in [2.45, 2.75) is 54.4 Å². The van der Waals surface area contributed by atoms with Crippen LogP contribution in [0.15, 0.2) is 36.4 Å². The predicted octanol–water partition coefficient (Wildman–Crippen LogP) is 5.30. The monoisotopic (exact) mass is 429 g/mol. The highest BCUT2D eigenvalue weighted by atomic mass is 16.5. The van der Waals surface area contributed by atoms with E-state index in [1.807, 2.05) is 57.2 Å². The van der Waals surface area contributed by atoms with E-state index in [1.54, 1.807) is 0 Å². The third kappa shape index (κ3) is 12.6. The van der Waals surface area contributed by atoms with Crippen LogP contribution in [-0.4, -0.2) is 44.0 Å². The second kappa shape index (κ2) is 18.2. The molecule has 0 spiro atoms. The molecule has 1 aromatic carbocycles. The van der Waals surface area contributed by atoms with E-state index in [9.17, 15) is 0 Å². The van der Waals surface area contributed by atoms with Gasteiger partial charge in [0.25, 0.3) is 0 Å². The maximum Gasteiger partial charge on any atom is 0.217 e. The maximum atomic E-state index is 6.92. The van der Waals surface area contributed by atoms with Gasteiger partial charge in [0.05, 0.1) is 0 Å². The Bertz CT molecular complexity index is 715. The summed E-state index contributed by atoms with van der Waals surface area (Å²) < 4.78 is 5.66. The van der Waals surface area contributed by atoms with Crippen molar-refractivity contribution in [1.29, 1.82) is 5.41 Å². The summed E-state index contributed by atoms with van der Waals surface area (Å²) in [5.41, 5.74) is 9.16. The zero-order chi connectivity index (χ0) is 23.5. The van der Waals surface area contributed by atoms with Crippen molar-refractivity contribution in [3.63, 3.8) is 0 Å². The molecule has 174 valence electrons. The van der Waals surface area contributed by atoms with Crippen molar-refractivity contribution in [3.05, 3.63) is 47.5 Å². The molecular formula is C25H43N5O. The number of nitrogens with one attached hydrogen (secondary N) is 2. The van der Waals surface area contributed by atoms with E-state index < -0.39 is 0 Å². The number of aromatic nitrogens is 1. The molecule has 0 aliphatic heterocycles. The van der Waals surface area contributed by atoms with Crippen LogP contribution in [0.2, 0.25) is 0 Å². The molecule has 0 aliphatic carbocycles. The fourth-order valence-electron chi connectivity index (χ4n) is 2.84. The van der Waals surface area contributed by atoms with Gasteiger partial charge in [-0.25, -0.2) is 0 Å². The van der Waals surface area contributed by atoms with Gasteiger partial charge in [-0.05, 0) is 31.9 Å². The van der Waals surface area contributed by atoms with Crippen LogP contribution in [0, 0.1) is 12.3 Å². The van der Waals surface area contributed by atoms with Crippen molar-refractivity contribution in [1.82, 2.24) is 10.3 Å². The third-order valence-corrected chi connectivity index (χ3v) is 4.15. The number of hydrogen-bond donors (Lipinski definition) is 3. The molecule has 0 saturated carbocycles. The van der Waals surface area contributed by atoms with Gasteiger partial charge in [-0.2, -0.15) is 4.98 Å². The lowest BCUT2D eigenvalue weighted by Gasteiger charge is -2.24. The maximum absolute atomic E-state index is 6.92. The first-order chi connectivity index (χ1) is 15.0. The number of anilines is 2. The highest BCUT2D eigenvalue weighted by molar-refractivity contribution is 5.76. The molecule has 0 radical (unpaired) electrons. The van der Waals surface area contributed by atoms with Crippen LogP contribution in [0.5, 0.6) is 5.88 Å². The van der Waals surface area contributed by atoms with Gasteiger partial charge in [0.2, 0.25) is 5.88 Å². The number of likely N-dealkylation sites (N-methyl/N-ethyl adjacent to an activating group) is 1. The average Bonchev–Trinajstić information content (AvgIpc) is 2.78. The Morgan fingerprint density at radius 3 is 2.29 bits per heavy atom. The number of aryl methyl sites for hydroxylation is 1. The zero-order valence-electron chi connectivity index (χ0n) is 20.4. The van der Waals surface area contributed by atoms with Crippen molar-refractivity contribution < 1.29 is 4.74 Å². The molecule has 0 unspecified atom stereocenters. The quantitative estimate of drug-likeness (QED) is 0.333. The SMILES string of the molecule is CC.CCCN(CCC)c1cc(N)nc(OCCNCC)c1.Cc1cccc(C=N)c1. The van der Waals surface area contributed by atoms with Crippen LogP contribution in [0.1, 0.15) is 58.6 Å². The molecule has 2 rings (SSSR count). The Labute approximate surface area is 189 Å². The molecule has 2 aromatic rings. The smallest absolute Gasteiger partial charge is 0.217 e. The van der Waals surface area contributed by atoms with E-state index in [-0.39, 0.29) is 0 Å². The number of nitrogens with zero attached hydrogens (tertiary/aromatic N) is 2. The Kier molecular flexibility index (Phi) is 16.7. The summed E-state index contributed by atoms with van der Waals surface area (Å²) in [5.74, 6) is 1.12. The van der Waals surface area contributed by atoms with Gasteiger partial charge in [0, 0.05) is 43.7 Å². The molecule has 0 bridgehead atoms. The topological polar surface area (TPSA) is 87.3 Å². The van der Waals surface area contributed by atoms with Crippen molar-refractivity contribution >= 4 is 17.7 Å². The third-order valence-electron chi connectivity index (χ3n) is 4.15. The van der Waals surface area contributed by atoms with Crippen molar-refractivity contribution in [2.24, 2.45) is 0 Å². The molecule has 1 aromatic heterocycles. The molecule has 31 heavy (non-hydrogen) atoms. The summed E-state index contributed by atoms with van der Waals surface area (Å²) in [6, 6.07) is 11.8. The molecule has 0 aliphatic rings. The molecule has 6 nitrogen and oxygen atoms in total. The molecule has 0 fully saturated rings. The van der Waals surface area contributed by atoms with Crippen molar-refractivity contribution in [3.8, 4) is 5.88 Å². The summed E-state index contributed by atoms with van der Waals surface area (Å²) in [7, 11) is 0. The van der Waals surface area contributed by atoms with Crippen molar-refractivity contribution in [2.75, 3.05) is 43.4 Å². The van der Waals surface area contributed by atoms with Gasteiger partial charge in [-0.3, -0.25) is 0 Å². The Balaban J connectivity index is 0.000000679. The van der Waals surface area contributed by atoms with E-state index >= 15 is 0 Å². The van der Waals surface area contributed by atoms with E-state index in [1.165, 1.54) is 11.8 Å². The summed E-state index contributed by atoms with van der Waals surface area (Å²) >= 11 is 0. The lowest BCUT2D eigenvalue weighted by molar-refractivity contribution is 0.304. The standard InChI is InChI=1S/C15H28N4O.C8H9N.C2H6/c1-4-8-19(9-5-2)13-11-14(16)18-15(12-13)20-10-7-17-6-3;1-7-3-2-4-8(5-7)6-9;1-2/h11-12,17H,4-10H2,1-3H3,(H2,16,18);2-6,9H,1H3;1-2H3. The molecule has 0 atom stereocenters. The molecule has 0 saturated heterocycles. The Morgan fingerprint density at radius 1 is 1.10 bits per heavy atom. The second-order valence-electron chi connectivity index (χ2n) is 6.84. The minimum Gasteiger partial charge on any atom is -0.476 e. The van der Waals surface area contributed by atoms with E-state index in [0.29, 0.717) is 18.3 Å². The molecular weight excluding hydrogens is 386 g/mol. The van der Waals surface area contributed by atoms with Gasteiger partial charge in [0.15, 0.2) is 0 Å². The largest absolute Gasteiger partial charge is 0.476 e. The van der Waals surface area contributed by atoms with Crippen LogP contribution in [0.25, 0.3) is 0 Å². The highest BCUT2D eigenvalue weighted by Crippen LogP contribution is 2.23. The number of nitrogen functional groups attached to an aromatic ring is 1. The Hall–Kier alpha value is -2.60. The van der Waals surface area contributed by atoms with Crippen LogP contribution in [0.3, 0.4) is 0 Å². The first-order valence-corrected chi connectivity index (χ1v) is 11.5. The predicted molar refractivity (Wildman–Crippen MR) is 136 cm³/mol.